The van der Waals surface area contributed by atoms with E-state index in [9.17, 15) is 18.0 Å². The molecule has 0 radical (unpaired) electrons. The van der Waals surface area contributed by atoms with Gasteiger partial charge in [0.25, 0.3) is 5.91 Å². The number of benzene rings is 1. The summed E-state index contributed by atoms with van der Waals surface area (Å²) >= 11 is 0. The zero-order valence-electron chi connectivity index (χ0n) is 14.7. The minimum absolute atomic E-state index is 0.233. The summed E-state index contributed by atoms with van der Waals surface area (Å²) < 4.78 is 45.6. The first kappa shape index (κ1) is 17.4. The zero-order chi connectivity index (χ0) is 19.3. The Labute approximate surface area is 152 Å². The lowest BCUT2D eigenvalue weighted by atomic mass is 10.0. The molecule has 4 rings (SSSR count). The monoisotopic (exact) mass is 378 g/mol. The lowest BCUT2D eigenvalue weighted by Crippen LogP contribution is -2.36. The Morgan fingerprint density at radius 2 is 2.07 bits per heavy atom. The van der Waals surface area contributed by atoms with Gasteiger partial charge in [0.1, 0.15) is 11.4 Å². The number of nitrogens with one attached hydrogen (secondary N) is 1. The zero-order valence-corrected chi connectivity index (χ0v) is 14.7. The lowest BCUT2D eigenvalue weighted by molar-refractivity contribution is -0.141. The van der Waals surface area contributed by atoms with Crippen LogP contribution in [0.25, 0.3) is 10.9 Å². The number of aromatic amines is 1. The molecule has 0 saturated carbocycles. The lowest BCUT2D eigenvalue weighted by Gasteiger charge is -2.27. The van der Waals surface area contributed by atoms with Crippen molar-refractivity contribution in [3.8, 4) is 5.75 Å². The molecule has 0 bridgehead atoms. The van der Waals surface area contributed by atoms with Crippen molar-refractivity contribution in [2.75, 3.05) is 13.7 Å². The number of methoxy groups -OCH3 is 1. The van der Waals surface area contributed by atoms with Gasteiger partial charge in [0.2, 0.25) is 0 Å². The molecule has 0 saturated heterocycles. The standard InChI is InChI=1S/C18H17F3N4O2/c1-24-14-4-3-10(27-2)7-11(14)12-9-25(6-5-15(12)24)17(26)13-8-16(23-22-13)18(19,20)21/h3-4,7-8H,5-6,9H2,1-2H3,(H,22,23). The fraction of sp³-hybridized carbons (Fsp3) is 0.333. The third kappa shape index (κ3) is 2.83. The predicted octanol–water partition coefficient (Wildman–Crippen LogP) is 3.13. The molecule has 0 spiro atoms. The average molecular weight is 378 g/mol. The van der Waals surface area contributed by atoms with Crippen LogP contribution in [0.5, 0.6) is 5.75 Å². The molecule has 1 aliphatic rings. The minimum Gasteiger partial charge on any atom is -0.497 e. The number of ether oxygens (including phenoxy) is 1. The van der Waals surface area contributed by atoms with Crippen LogP contribution in [0.15, 0.2) is 24.3 Å². The maximum atomic E-state index is 12.7. The molecular formula is C18H17F3N4O2. The van der Waals surface area contributed by atoms with E-state index < -0.39 is 17.8 Å². The molecule has 1 N–H and O–H groups in total. The summed E-state index contributed by atoms with van der Waals surface area (Å²) in [6.07, 6.45) is -3.95. The third-order valence-corrected chi connectivity index (χ3v) is 5.00. The first-order valence-electron chi connectivity index (χ1n) is 8.35. The molecule has 3 aromatic rings. The highest BCUT2D eigenvalue weighted by molar-refractivity contribution is 5.94. The van der Waals surface area contributed by atoms with E-state index in [-0.39, 0.29) is 5.69 Å². The van der Waals surface area contributed by atoms with E-state index in [4.69, 9.17) is 4.74 Å². The fourth-order valence-electron chi connectivity index (χ4n) is 3.60. The summed E-state index contributed by atoms with van der Waals surface area (Å²) in [5, 5.41) is 6.41. The minimum atomic E-state index is -4.56. The summed E-state index contributed by atoms with van der Waals surface area (Å²) in [5.41, 5.74) is 1.86. The van der Waals surface area contributed by atoms with Crippen LogP contribution in [-0.4, -0.2) is 39.2 Å². The van der Waals surface area contributed by atoms with Gasteiger partial charge in [0, 0.05) is 54.8 Å². The molecular weight excluding hydrogens is 361 g/mol. The first-order chi connectivity index (χ1) is 12.8. The van der Waals surface area contributed by atoms with Crippen molar-refractivity contribution < 1.29 is 22.7 Å². The van der Waals surface area contributed by atoms with Gasteiger partial charge in [-0.15, -0.1) is 0 Å². The van der Waals surface area contributed by atoms with E-state index >= 15 is 0 Å². The quantitative estimate of drug-likeness (QED) is 0.745. The molecule has 0 atom stereocenters. The third-order valence-electron chi connectivity index (χ3n) is 5.00. The van der Waals surface area contributed by atoms with Crippen LogP contribution >= 0.6 is 0 Å². The maximum absolute atomic E-state index is 12.7. The first-order valence-corrected chi connectivity index (χ1v) is 8.35. The summed E-state index contributed by atoms with van der Waals surface area (Å²) in [6, 6.07) is 6.50. The fourth-order valence-corrected chi connectivity index (χ4v) is 3.60. The second kappa shape index (κ2) is 6.04. The van der Waals surface area contributed by atoms with E-state index in [1.165, 1.54) is 4.90 Å². The van der Waals surface area contributed by atoms with Gasteiger partial charge in [-0.3, -0.25) is 9.89 Å². The van der Waals surface area contributed by atoms with Crippen molar-refractivity contribution in [3.05, 3.63) is 46.9 Å². The van der Waals surface area contributed by atoms with E-state index in [1.54, 1.807) is 7.11 Å². The number of nitrogens with zero attached hydrogens (tertiary/aromatic N) is 3. The number of halogens is 3. The highest BCUT2D eigenvalue weighted by Crippen LogP contribution is 2.33. The van der Waals surface area contributed by atoms with Crippen molar-refractivity contribution in [1.29, 1.82) is 0 Å². The maximum Gasteiger partial charge on any atom is 0.432 e. The summed E-state index contributed by atoms with van der Waals surface area (Å²) in [7, 11) is 3.55. The molecule has 1 aromatic carbocycles. The number of aryl methyl sites for hydroxylation is 1. The topological polar surface area (TPSA) is 63.1 Å². The van der Waals surface area contributed by atoms with Crippen molar-refractivity contribution >= 4 is 16.8 Å². The second-order valence-electron chi connectivity index (χ2n) is 6.51. The van der Waals surface area contributed by atoms with Gasteiger partial charge in [-0.1, -0.05) is 0 Å². The van der Waals surface area contributed by atoms with Gasteiger partial charge in [-0.2, -0.15) is 18.3 Å². The molecule has 3 heterocycles. The number of rotatable bonds is 2. The molecule has 142 valence electrons. The number of aromatic nitrogens is 3. The predicted molar refractivity (Wildman–Crippen MR) is 91.5 cm³/mol. The highest BCUT2D eigenvalue weighted by atomic mass is 19.4. The molecule has 0 fully saturated rings. The van der Waals surface area contributed by atoms with Gasteiger partial charge in [0.15, 0.2) is 5.69 Å². The van der Waals surface area contributed by atoms with Gasteiger partial charge >= 0.3 is 6.18 Å². The van der Waals surface area contributed by atoms with Crippen molar-refractivity contribution in [3.63, 3.8) is 0 Å². The van der Waals surface area contributed by atoms with Crippen molar-refractivity contribution in [2.24, 2.45) is 7.05 Å². The van der Waals surface area contributed by atoms with Crippen LogP contribution in [0, 0.1) is 0 Å². The number of fused-ring (bicyclic) bond motifs is 3. The van der Waals surface area contributed by atoms with Crippen LogP contribution in [0.4, 0.5) is 13.2 Å². The number of alkyl halides is 3. The van der Waals surface area contributed by atoms with E-state index in [0.29, 0.717) is 25.3 Å². The molecule has 9 heteroatoms. The number of hydrogen-bond donors (Lipinski definition) is 1. The van der Waals surface area contributed by atoms with Crippen LogP contribution in [-0.2, 0) is 26.2 Å². The van der Waals surface area contributed by atoms with Crippen molar-refractivity contribution in [1.82, 2.24) is 19.7 Å². The molecule has 2 aromatic heterocycles. The molecule has 1 amide bonds. The number of H-pyrrole nitrogens is 1. The van der Waals surface area contributed by atoms with Crippen LogP contribution in [0.1, 0.15) is 27.4 Å². The Morgan fingerprint density at radius 1 is 1.30 bits per heavy atom. The Kier molecular flexibility index (Phi) is 3.90. The van der Waals surface area contributed by atoms with E-state index in [0.717, 1.165) is 28.2 Å². The summed E-state index contributed by atoms with van der Waals surface area (Å²) in [6.45, 7) is 0.730. The Balaban J connectivity index is 1.67. The molecule has 0 unspecified atom stereocenters. The summed E-state index contributed by atoms with van der Waals surface area (Å²) in [4.78, 5) is 14.2. The molecule has 1 aliphatic heterocycles. The number of carbonyl (C=O) groups is 1. The van der Waals surface area contributed by atoms with E-state index in [1.807, 2.05) is 30.3 Å². The second-order valence-corrected chi connectivity index (χ2v) is 6.51. The largest absolute Gasteiger partial charge is 0.497 e. The molecule has 6 nitrogen and oxygen atoms in total. The number of carbonyl (C=O) groups excluding carboxylic acids is 1. The van der Waals surface area contributed by atoms with Crippen LogP contribution in [0.2, 0.25) is 0 Å². The normalized spacial score (nSPS) is 14.5. The van der Waals surface area contributed by atoms with Gasteiger partial charge < -0.3 is 14.2 Å². The van der Waals surface area contributed by atoms with Gasteiger partial charge in [0.05, 0.1) is 7.11 Å². The van der Waals surface area contributed by atoms with E-state index in [2.05, 4.69) is 9.67 Å². The highest BCUT2D eigenvalue weighted by Gasteiger charge is 2.35. The summed E-state index contributed by atoms with van der Waals surface area (Å²) in [5.74, 6) is 0.189. The van der Waals surface area contributed by atoms with Crippen molar-refractivity contribution in [2.45, 2.75) is 19.1 Å². The number of hydrogen-bond acceptors (Lipinski definition) is 3. The molecule has 27 heavy (non-hydrogen) atoms. The smallest absolute Gasteiger partial charge is 0.432 e. The van der Waals surface area contributed by atoms with Crippen LogP contribution in [0.3, 0.4) is 0 Å². The van der Waals surface area contributed by atoms with Gasteiger partial charge in [-0.25, -0.2) is 0 Å². The Hall–Kier alpha value is -2.97. The SMILES string of the molecule is COc1ccc2c(c1)c1c(n2C)CCN(C(=O)c2cc(C(F)(F)F)[nH]n2)C1. The molecule has 0 aliphatic carbocycles. The number of amides is 1. The average Bonchev–Trinajstić information content (AvgIpc) is 3.25. The Bertz CT molecular complexity index is 1040. The Morgan fingerprint density at radius 3 is 2.74 bits per heavy atom. The van der Waals surface area contributed by atoms with Crippen LogP contribution < -0.4 is 4.74 Å². The van der Waals surface area contributed by atoms with Gasteiger partial charge in [-0.05, 0) is 18.2 Å².